The molecule has 2 aromatic heterocycles. The molecule has 0 amide bonds. The lowest BCUT2D eigenvalue weighted by atomic mass is 10.1. The summed E-state index contributed by atoms with van der Waals surface area (Å²) in [5.41, 5.74) is 2.88. The Balaban J connectivity index is 1.77. The van der Waals surface area contributed by atoms with Gasteiger partial charge in [0.25, 0.3) is 12.2 Å². The molecule has 3 heterocycles. The lowest BCUT2D eigenvalue weighted by Crippen LogP contribution is -2.28. The lowest BCUT2D eigenvalue weighted by Gasteiger charge is -2.22. The maximum atomic E-state index is 13.4. The Morgan fingerprint density at radius 2 is 1.89 bits per heavy atom. The Kier molecular flexibility index (Phi) is 6.75. The number of benzene rings is 1. The van der Waals surface area contributed by atoms with E-state index in [0.717, 1.165) is 0 Å². The highest BCUT2D eigenvalue weighted by molar-refractivity contribution is 7.92. The van der Waals surface area contributed by atoms with E-state index in [1.165, 1.54) is 11.4 Å². The SMILES string of the molecule is [C-]#[N+]c1cccc(Cc2cc(Nc3ccccc3N(C)S(=O)(=O)CC)c3c(n2)CC(C(F)F)=N3)n1. The van der Waals surface area contributed by atoms with Crippen molar-refractivity contribution < 1.29 is 17.2 Å². The molecule has 35 heavy (non-hydrogen) atoms. The van der Waals surface area contributed by atoms with Crippen molar-refractivity contribution in [1.82, 2.24) is 9.97 Å². The molecule has 0 radical (unpaired) electrons. The van der Waals surface area contributed by atoms with E-state index in [9.17, 15) is 17.2 Å². The van der Waals surface area contributed by atoms with Crippen LogP contribution in [0.3, 0.4) is 0 Å². The zero-order chi connectivity index (χ0) is 25.2. The van der Waals surface area contributed by atoms with Crippen molar-refractivity contribution in [2.45, 2.75) is 26.2 Å². The van der Waals surface area contributed by atoms with Gasteiger partial charge in [-0.05, 0) is 37.3 Å². The number of rotatable bonds is 8. The summed E-state index contributed by atoms with van der Waals surface area (Å²) in [6.07, 6.45) is -2.52. The van der Waals surface area contributed by atoms with E-state index in [1.807, 2.05) is 0 Å². The summed E-state index contributed by atoms with van der Waals surface area (Å²) in [7, 11) is -2.07. The molecule has 1 aromatic carbocycles. The van der Waals surface area contributed by atoms with Crippen molar-refractivity contribution in [1.29, 1.82) is 0 Å². The van der Waals surface area contributed by atoms with Gasteiger partial charge >= 0.3 is 0 Å². The molecule has 3 aromatic rings. The van der Waals surface area contributed by atoms with Crippen LogP contribution in [0.4, 0.5) is 37.3 Å². The van der Waals surface area contributed by atoms with Gasteiger partial charge in [0.2, 0.25) is 10.0 Å². The molecule has 0 spiro atoms. The third-order valence-corrected chi connectivity index (χ3v) is 7.30. The lowest BCUT2D eigenvalue weighted by molar-refractivity contribution is 0.224. The van der Waals surface area contributed by atoms with Gasteiger partial charge in [-0.3, -0.25) is 9.29 Å². The third kappa shape index (κ3) is 5.12. The summed E-state index contributed by atoms with van der Waals surface area (Å²) >= 11 is 0. The summed E-state index contributed by atoms with van der Waals surface area (Å²) in [6.45, 7) is 8.72. The molecule has 1 aliphatic heterocycles. The number of halogens is 2. The minimum Gasteiger partial charge on any atom is -0.361 e. The Bertz CT molecular complexity index is 1450. The third-order valence-electron chi connectivity index (χ3n) is 5.54. The highest BCUT2D eigenvalue weighted by Gasteiger charge is 2.27. The van der Waals surface area contributed by atoms with E-state index in [1.54, 1.807) is 55.5 Å². The van der Waals surface area contributed by atoms with Gasteiger partial charge in [0.1, 0.15) is 11.4 Å². The molecule has 0 bridgehead atoms. The van der Waals surface area contributed by atoms with Crippen molar-refractivity contribution in [3.05, 3.63) is 77.0 Å². The molecule has 180 valence electrons. The fraction of sp³-hybridized carbons (Fsp3) is 0.250. The average molecular weight is 497 g/mol. The number of anilines is 3. The Labute approximate surface area is 202 Å². The first kappa shape index (κ1) is 24.2. The number of hydrogen-bond acceptors (Lipinski definition) is 6. The number of nitrogens with zero attached hydrogens (tertiary/aromatic N) is 5. The van der Waals surface area contributed by atoms with E-state index in [0.29, 0.717) is 39.8 Å². The van der Waals surface area contributed by atoms with Crippen molar-refractivity contribution in [3.8, 4) is 0 Å². The summed E-state index contributed by atoms with van der Waals surface area (Å²) < 4.78 is 53.0. The predicted octanol–water partition coefficient (Wildman–Crippen LogP) is 5.04. The Hall–Kier alpha value is -3.91. The van der Waals surface area contributed by atoms with Gasteiger partial charge < -0.3 is 10.2 Å². The molecular weight excluding hydrogens is 474 g/mol. The first-order chi connectivity index (χ1) is 16.7. The molecule has 0 fully saturated rings. The fourth-order valence-electron chi connectivity index (χ4n) is 3.72. The minimum absolute atomic E-state index is 0.0780. The summed E-state index contributed by atoms with van der Waals surface area (Å²) in [6, 6.07) is 13.6. The smallest absolute Gasteiger partial charge is 0.277 e. The van der Waals surface area contributed by atoms with E-state index >= 15 is 0 Å². The number of para-hydroxylation sites is 2. The van der Waals surface area contributed by atoms with Crippen LogP contribution in [0.5, 0.6) is 0 Å². The van der Waals surface area contributed by atoms with E-state index in [2.05, 4.69) is 25.1 Å². The van der Waals surface area contributed by atoms with Gasteiger partial charge in [-0.2, -0.15) is 0 Å². The van der Waals surface area contributed by atoms with E-state index < -0.39 is 16.4 Å². The summed E-state index contributed by atoms with van der Waals surface area (Å²) in [5, 5.41) is 3.19. The Morgan fingerprint density at radius 1 is 1.11 bits per heavy atom. The molecular formula is C24H22F2N6O2S. The maximum Gasteiger partial charge on any atom is 0.277 e. The molecule has 0 atom stereocenters. The molecule has 0 unspecified atom stereocenters. The van der Waals surface area contributed by atoms with Crippen LogP contribution < -0.4 is 9.62 Å². The number of aromatic nitrogens is 2. The zero-order valence-corrected chi connectivity index (χ0v) is 19.9. The number of nitrogens with one attached hydrogen (secondary N) is 1. The molecule has 0 saturated carbocycles. The van der Waals surface area contributed by atoms with E-state index in [-0.39, 0.29) is 30.1 Å². The van der Waals surface area contributed by atoms with Crippen LogP contribution in [-0.4, -0.2) is 43.3 Å². The summed E-state index contributed by atoms with van der Waals surface area (Å²) in [4.78, 5) is 16.3. The fourth-order valence-corrected chi connectivity index (χ4v) is 4.57. The number of aliphatic imine (C=N–C) groups is 1. The molecule has 8 nitrogen and oxygen atoms in total. The standard InChI is InChI=1S/C24H22F2N6O2S/c1-4-35(33,34)32(3)21-10-6-5-9-17(21)30-18-13-16(12-15-8-7-11-22(27-2)29-15)28-19-14-20(24(25)26)31-23(18)19/h5-11,13,24H,4,12,14H2,1,3H3,(H,28,30). The largest absolute Gasteiger partial charge is 0.361 e. The normalized spacial score (nSPS) is 12.7. The highest BCUT2D eigenvalue weighted by Crippen LogP contribution is 2.39. The first-order valence-corrected chi connectivity index (χ1v) is 12.4. The first-order valence-electron chi connectivity index (χ1n) is 10.8. The van der Waals surface area contributed by atoms with Gasteiger partial charge in [-0.1, -0.05) is 24.8 Å². The van der Waals surface area contributed by atoms with Crippen LogP contribution >= 0.6 is 0 Å². The van der Waals surface area contributed by atoms with Gasteiger partial charge in [-0.15, -0.1) is 4.98 Å². The highest BCUT2D eigenvalue weighted by atomic mass is 32.2. The predicted molar refractivity (Wildman–Crippen MR) is 132 cm³/mol. The van der Waals surface area contributed by atoms with Crippen LogP contribution in [0.15, 0.2) is 53.5 Å². The van der Waals surface area contributed by atoms with E-state index in [4.69, 9.17) is 6.57 Å². The second kappa shape index (κ2) is 9.76. The second-order valence-corrected chi connectivity index (χ2v) is 10.1. The van der Waals surface area contributed by atoms with Crippen LogP contribution in [0.1, 0.15) is 24.0 Å². The van der Waals surface area contributed by atoms with Gasteiger partial charge in [0.05, 0.1) is 46.3 Å². The zero-order valence-electron chi connectivity index (χ0n) is 19.0. The van der Waals surface area contributed by atoms with Crippen molar-refractivity contribution in [3.63, 3.8) is 0 Å². The molecule has 1 aliphatic rings. The number of hydrogen-bond donors (Lipinski definition) is 1. The minimum atomic E-state index is -3.53. The summed E-state index contributed by atoms with van der Waals surface area (Å²) in [5.74, 6) is 0.171. The number of fused-ring (bicyclic) bond motifs is 1. The monoisotopic (exact) mass is 496 g/mol. The van der Waals surface area contributed by atoms with Crippen LogP contribution in [0, 0.1) is 6.57 Å². The molecule has 0 aliphatic carbocycles. The molecule has 1 N–H and O–H groups in total. The second-order valence-electron chi connectivity index (χ2n) is 7.82. The Morgan fingerprint density at radius 3 is 2.60 bits per heavy atom. The van der Waals surface area contributed by atoms with Crippen molar-refractivity contribution in [2.24, 2.45) is 4.99 Å². The average Bonchev–Trinajstić information content (AvgIpc) is 3.29. The van der Waals surface area contributed by atoms with Crippen LogP contribution in [0.25, 0.3) is 4.85 Å². The van der Waals surface area contributed by atoms with Gasteiger partial charge in [0, 0.05) is 13.5 Å². The van der Waals surface area contributed by atoms with Crippen molar-refractivity contribution in [2.75, 3.05) is 22.4 Å². The quantitative estimate of drug-likeness (QED) is 0.441. The number of alkyl halides is 2. The topological polar surface area (TPSA) is 91.9 Å². The van der Waals surface area contributed by atoms with Crippen LogP contribution in [-0.2, 0) is 22.9 Å². The van der Waals surface area contributed by atoms with Crippen molar-refractivity contribution >= 4 is 44.3 Å². The van der Waals surface area contributed by atoms with Gasteiger partial charge in [0.15, 0.2) is 0 Å². The number of sulfonamides is 1. The molecule has 0 saturated heterocycles. The van der Waals surface area contributed by atoms with Crippen LogP contribution in [0.2, 0.25) is 0 Å². The molecule has 4 rings (SSSR count). The number of pyridine rings is 2. The maximum absolute atomic E-state index is 13.4. The van der Waals surface area contributed by atoms with Gasteiger partial charge in [-0.25, -0.2) is 22.2 Å². The molecule has 11 heteroatoms.